The first kappa shape index (κ1) is 50.1. The van der Waals surface area contributed by atoms with E-state index in [0.717, 1.165) is 0 Å². The standard InChI is InChI=1S/C36H66N6O12/c1-28(43)40(51)23-12-6-9-20-37-29(44)15-17-31(46)41(52)24-13-7-10-21-38-30(45)16-18-32(47)42(53)25-14-8-11-22-39-34(50)35(2,3)19-26-54-36(4,5)27-33(48)49/h51-53H,6-27H2,1-5H3,(H,37,44)(H,38,45)(H,39,50)(H,48,49). The number of ether oxygens (including phenoxy) is 1. The molecule has 312 valence electrons. The van der Waals surface area contributed by atoms with E-state index in [0.29, 0.717) is 99.0 Å². The highest BCUT2D eigenvalue weighted by molar-refractivity contribution is 5.84. The number of hydrogen-bond acceptors (Lipinski definition) is 11. The Kier molecular flexibility index (Phi) is 25.7. The number of nitrogens with one attached hydrogen (secondary N) is 3. The van der Waals surface area contributed by atoms with E-state index in [4.69, 9.17) is 9.84 Å². The molecule has 0 spiro atoms. The second-order valence-corrected chi connectivity index (χ2v) is 14.6. The summed E-state index contributed by atoms with van der Waals surface area (Å²) in [7, 11) is 0. The molecule has 18 nitrogen and oxygen atoms in total. The first-order valence-corrected chi connectivity index (χ1v) is 18.9. The molecule has 0 unspecified atom stereocenters. The van der Waals surface area contributed by atoms with Crippen LogP contribution in [0.4, 0.5) is 0 Å². The highest BCUT2D eigenvalue weighted by atomic mass is 16.5. The third-order valence-corrected chi connectivity index (χ3v) is 8.55. The van der Waals surface area contributed by atoms with Crippen LogP contribution in [0.2, 0.25) is 0 Å². The van der Waals surface area contributed by atoms with Crippen LogP contribution in [0.5, 0.6) is 0 Å². The summed E-state index contributed by atoms with van der Waals surface area (Å²) in [5.41, 5.74) is -1.54. The fourth-order valence-corrected chi connectivity index (χ4v) is 4.98. The average molecular weight is 775 g/mol. The van der Waals surface area contributed by atoms with Crippen molar-refractivity contribution in [1.29, 1.82) is 0 Å². The number of hydroxylamine groups is 6. The summed E-state index contributed by atoms with van der Waals surface area (Å²) in [6, 6.07) is 0. The van der Waals surface area contributed by atoms with Crippen LogP contribution in [0.1, 0.15) is 131 Å². The minimum Gasteiger partial charge on any atom is -0.481 e. The van der Waals surface area contributed by atoms with E-state index in [2.05, 4.69) is 16.0 Å². The quantitative estimate of drug-likeness (QED) is 0.0305. The Labute approximate surface area is 319 Å². The molecular weight excluding hydrogens is 708 g/mol. The lowest BCUT2D eigenvalue weighted by molar-refractivity contribution is -0.166. The maximum Gasteiger partial charge on any atom is 0.306 e. The predicted octanol–water partition coefficient (Wildman–Crippen LogP) is 2.77. The van der Waals surface area contributed by atoms with Gasteiger partial charge in [-0.3, -0.25) is 49.2 Å². The number of amides is 6. The number of rotatable bonds is 31. The maximum atomic E-state index is 12.6. The average Bonchev–Trinajstić information content (AvgIpc) is 3.08. The number of aliphatic carboxylic acids is 1. The zero-order chi connectivity index (χ0) is 41.2. The lowest BCUT2D eigenvalue weighted by atomic mass is 9.88. The molecule has 0 rings (SSSR count). The Morgan fingerprint density at radius 2 is 0.981 bits per heavy atom. The van der Waals surface area contributed by atoms with Crippen LogP contribution in [0.25, 0.3) is 0 Å². The van der Waals surface area contributed by atoms with Gasteiger partial charge in [0.2, 0.25) is 35.4 Å². The van der Waals surface area contributed by atoms with E-state index in [1.165, 1.54) is 6.92 Å². The van der Waals surface area contributed by atoms with E-state index in [-0.39, 0.29) is 76.1 Å². The van der Waals surface area contributed by atoms with Gasteiger partial charge in [-0.2, -0.15) is 0 Å². The van der Waals surface area contributed by atoms with Crippen LogP contribution in [0.3, 0.4) is 0 Å². The SMILES string of the molecule is CC(=O)N(O)CCCCCNC(=O)CCC(=O)N(O)CCCCCNC(=O)CCC(=O)N(O)CCCCCNC(=O)C(C)(C)CCOC(C)(C)CC(=O)O. The van der Waals surface area contributed by atoms with Crippen molar-refractivity contribution in [3.8, 4) is 0 Å². The molecule has 54 heavy (non-hydrogen) atoms. The smallest absolute Gasteiger partial charge is 0.306 e. The predicted molar refractivity (Wildman–Crippen MR) is 196 cm³/mol. The van der Waals surface area contributed by atoms with Crippen LogP contribution in [0, 0.1) is 5.41 Å². The largest absolute Gasteiger partial charge is 0.481 e. The molecule has 0 atom stereocenters. The number of hydrogen-bond donors (Lipinski definition) is 7. The van der Waals surface area contributed by atoms with Gasteiger partial charge in [-0.05, 0) is 78.1 Å². The van der Waals surface area contributed by atoms with Gasteiger partial charge in [-0.25, -0.2) is 15.2 Å². The van der Waals surface area contributed by atoms with E-state index in [1.807, 2.05) is 0 Å². The fraction of sp³-hybridized carbons (Fsp3) is 0.806. The third kappa shape index (κ3) is 26.0. The fourth-order valence-electron chi connectivity index (χ4n) is 4.98. The summed E-state index contributed by atoms with van der Waals surface area (Å²) in [4.78, 5) is 82.8. The molecule has 0 bridgehead atoms. The molecule has 0 saturated carbocycles. The Bertz CT molecular complexity index is 1180. The highest BCUT2D eigenvalue weighted by Crippen LogP contribution is 2.23. The van der Waals surface area contributed by atoms with Crippen molar-refractivity contribution < 1.29 is 59.0 Å². The molecule has 0 aliphatic carbocycles. The van der Waals surface area contributed by atoms with Gasteiger partial charge in [0.1, 0.15) is 0 Å². The van der Waals surface area contributed by atoms with Crippen molar-refractivity contribution >= 4 is 41.4 Å². The van der Waals surface area contributed by atoms with Crippen LogP contribution in [-0.4, -0.2) is 129 Å². The van der Waals surface area contributed by atoms with Crippen molar-refractivity contribution in [3.05, 3.63) is 0 Å². The van der Waals surface area contributed by atoms with Gasteiger partial charge >= 0.3 is 5.97 Å². The van der Waals surface area contributed by atoms with E-state index < -0.39 is 34.7 Å². The van der Waals surface area contributed by atoms with Crippen molar-refractivity contribution in [2.75, 3.05) is 45.9 Å². The van der Waals surface area contributed by atoms with Gasteiger partial charge < -0.3 is 25.8 Å². The maximum absolute atomic E-state index is 12.6. The van der Waals surface area contributed by atoms with Crippen molar-refractivity contribution in [3.63, 3.8) is 0 Å². The van der Waals surface area contributed by atoms with E-state index >= 15 is 0 Å². The molecule has 6 amide bonds. The molecule has 0 aliphatic rings. The zero-order valence-corrected chi connectivity index (χ0v) is 33.0. The van der Waals surface area contributed by atoms with E-state index in [1.54, 1.807) is 27.7 Å². The molecule has 0 aromatic rings. The topological polar surface area (TPSA) is 255 Å². The first-order chi connectivity index (χ1) is 25.3. The van der Waals surface area contributed by atoms with Gasteiger partial charge in [-0.1, -0.05) is 13.8 Å². The summed E-state index contributed by atoms with van der Waals surface area (Å²) >= 11 is 0. The minimum atomic E-state index is -0.954. The van der Waals surface area contributed by atoms with Crippen LogP contribution in [-0.2, 0) is 38.3 Å². The Morgan fingerprint density at radius 1 is 0.574 bits per heavy atom. The summed E-state index contributed by atoms with van der Waals surface area (Å²) in [5.74, 6) is -3.33. The summed E-state index contributed by atoms with van der Waals surface area (Å²) in [6.45, 7) is 10.0. The lowest BCUT2D eigenvalue weighted by Crippen LogP contribution is -2.39. The Morgan fingerprint density at radius 3 is 1.39 bits per heavy atom. The normalized spacial score (nSPS) is 11.4. The minimum absolute atomic E-state index is 0.0640. The molecule has 18 heteroatoms. The van der Waals surface area contributed by atoms with Gasteiger partial charge in [0.15, 0.2) is 0 Å². The van der Waals surface area contributed by atoms with Crippen LogP contribution < -0.4 is 16.0 Å². The number of unbranched alkanes of at least 4 members (excludes halogenated alkanes) is 6. The molecular formula is C36H66N6O12. The molecule has 7 N–H and O–H groups in total. The molecule has 0 aromatic heterocycles. The molecule has 0 saturated heterocycles. The van der Waals surface area contributed by atoms with Crippen molar-refractivity contribution in [2.45, 2.75) is 137 Å². The molecule has 0 radical (unpaired) electrons. The second kappa shape index (κ2) is 27.7. The number of carbonyl (C=O) groups excluding carboxylic acids is 6. The van der Waals surface area contributed by atoms with Crippen LogP contribution in [0.15, 0.2) is 0 Å². The molecule has 0 fully saturated rings. The van der Waals surface area contributed by atoms with Crippen molar-refractivity contribution in [2.24, 2.45) is 5.41 Å². The number of carboxylic acid groups (broad SMARTS) is 1. The van der Waals surface area contributed by atoms with Gasteiger partial charge in [0, 0.05) is 83.9 Å². The number of nitrogens with zero attached hydrogens (tertiary/aromatic N) is 3. The summed E-state index contributed by atoms with van der Waals surface area (Å²) < 4.78 is 5.66. The third-order valence-electron chi connectivity index (χ3n) is 8.55. The Balaban J connectivity index is 3.93. The summed E-state index contributed by atoms with van der Waals surface area (Å²) in [5, 5.41) is 48.3. The number of carbonyl (C=O) groups is 7. The monoisotopic (exact) mass is 774 g/mol. The first-order valence-electron chi connectivity index (χ1n) is 18.9. The Hall–Kier alpha value is -3.87. The highest BCUT2D eigenvalue weighted by Gasteiger charge is 2.29. The van der Waals surface area contributed by atoms with Crippen molar-refractivity contribution in [1.82, 2.24) is 31.1 Å². The molecule has 0 aliphatic heterocycles. The molecule has 0 heterocycles. The van der Waals surface area contributed by atoms with Gasteiger partial charge in [0.05, 0.1) is 12.0 Å². The number of carboxylic acids is 1. The second-order valence-electron chi connectivity index (χ2n) is 14.6. The van der Waals surface area contributed by atoms with E-state index in [9.17, 15) is 49.2 Å². The lowest BCUT2D eigenvalue weighted by Gasteiger charge is -2.28. The van der Waals surface area contributed by atoms with Gasteiger partial charge in [0.25, 0.3) is 0 Å². The van der Waals surface area contributed by atoms with Gasteiger partial charge in [-0.15, -0.1) is 0 Å². The zero-order valence-electron chi connectivity index (χ0n) is 33.0. The van der Waals surface area contributed by atoms with Crippen LogP contribution >= 0.6 is 0 Å². The summed E-state index contributed by atoms with van der Waals surface area (Å²) in [6.07, 6.45) is 5.25. The molecule has 0 aromatic carbocycles.